The highest BCUT2D eigenvalue weighted by Crippen LogP contribution is 2.29. The number of carboxylic acid groups (broad SMARTS) is 1. The SMILES string of the molecule is CC1CCN(c2nc(C(=O)NC(Cc3ccc(Cl)cc3)C(=O)O)cc(N3CCN(c4nccc(C(F)(F)F)n4)CC3)n2)CC1. The van der Waals surface area contributed by atoms with Gasteiger partial charge in [-0.15, -0.1) is 0 Å². The Morgan fingerprint density at radius 3 is 2.23 bits per heavy atom. The molecule has 44 heavy (non-hydrogen) atoms. The van der Waals surface area contributed by atoms with Gasteiger partial charge in [0.05, 0.1) is 0 Å². The second-order valence-electron chi connectivity index (χ2n) is 11.0. The third kappa shape index (κ3) is 7.65. The number of carbonyl (C=O) groups excluding carboxylic acids is 1. The number of piperidine rings is 1. The number of carbonyl (C=O) groups is 2. The molecular weight excluding hydrogens is 601 g/mol. The summed E-state index contributed by atoms with van der Waals surface area (Å²) in [6.45, 7) is 5.00. The number of aliphatic carboxylic acids is 1. The fourth-order valence-electron chi connectivity index (χ4n) is 5.13. The van der Waals surface area contributed by atoms with Crippen molar-refractivity contribution in [2.24, 2.45) is 5.92 Å². The minimum atomic E-state index is -4.57. The molecule has 1 atom stereocenters. The fraction of sp³-hybridized carbons (Fsp3) is 0.448. The van der Waals surface area contributed by atoms with Crippen LogP contribution in [0.1, 0.15) is 41.5 Å². The first-order valence-corrected chi connectivity index (χ1v) is 14.7. The lowest BCUT2D eigenvalue weighted by molar-refractivity contribution is -0.141. The minimum Gasteiger partial charge on any atom is -0.480 e. The predicted molar refractivity (Wildman–Crippen MR) is 158 cm³/mol. The lowest BCUT2D eigenvalue weighted by Gasteiger charge is -2.36. The summed E-state index contributed by atoms with van der Waals surface area (Å²) in [5.41, 5.74) is -0.293. The largest absolute Gasteiger partial charge is 0.480 e. The Bertz CT molecular complexity index is 1480. The van der Waals surface area contributed by atoms with Gasteiger partial charge >= 0.3 is 12.1 Å². The van der Waals surface area contributed by atoms with E-state index in [2.05, 4.69) is 27.2 Å². The van der Waals surface area contributed by atoms with Crippen molar-refractivity contribution in [2.75, 3.05) is 54.0 Å². The Morgan fingerprint density at radius 2 is 1.59 bits per heavy atom. The maximum atomic E-state index is 13.4. The third-order valence-electron chi connectivity index (χ3n) is 7.78. The number of benzene rings is 1. The molecule has 2 saturated heterocycles. The van der Waals surface area contributed by atoms with Crippen LogP contribution in [0.3, 0.4) is 0 Å². The molecule has 4 heterocycles. The average molecular weight is 633 g/mol. The lowest BCUT2D eigenvalue weighted by Crippen LogP contribution is -2.48. The molecule has 5 rings (SSSR count). The summed E-state index contributed by atoms with van der Waals surface area (Å²) in [7, 11) is 0. The van der Waals surface area contributed by atoms with Crippen LogP contribution in [-0.2, 0) is 17.4 Å². The Balaban J connectivity index is 1.36. The number of rotatable bonds is 8. The molecule has 2 N–H and O–H groups in total. The molecule has 2 aliphatic rings. The Labute approximate surface area is 257 Å². The summed E-state index contributed by atoms with van der Waals surface area (Å²) in [4.78, 5) is 48.1. The van der Waals surface area contributed by atoms with Gasteiger partial charge in [-0.3, -0.25) is 4.79 Å². The van der Waals surface area contributed by atoms with E-state index in [0.717, 1.165) is 25.1 Å². The predicted octanol–water partition coefficient (Wildman–Crippen LogP) is 3.93. The Kier molecular flexibility index (Phi) is 9.37. The van der Waals surface area contributed by atoms with Crippen LogP contribution in [0.25, 0.3) is 0 Å². The van der Waals surface area contributed by atoms with Gasteiger partial charge in [0.15, 0.2) is 0 Å². The molecule has 11 nitrogen and oxygen atoms in total. The van der Waals surface area contributed by atoms with E-state index in [1.165, 1.54) is 6.07 Å². The zero-order chi connectivity index (χ0) is 31.4. The highest BCUT2D eigenvalue weighted by molar-refractivity contribution is 6.30. The van der Waals surface area contributed by atoms with Gasteiger partial charge in [-0.25, -0.2) is 19.7 Å². The van der Waals surface area contributed by atoms with Crippen molar-refractivity contribution in [1.82, 2.24) is 25.3 Å². The standard InChI is InChI=1S/C29H32ClF3N8O3/c1-18-7-10-40(11-8-18)28-36-21(25(42)35-22(26(43)44)16-19-2-4-20(30)5-3-19)17-24(38-28)39-12-14-41(15-13-39)27-34-9-6-23(37-27)29(31,32)33/h2-6,9,17-18,22H,7-8,10-16H2,1H3,(H,35,42)(H,43,44). The molecule has 0 bridgehead atoms. The first kappa shape index (κ1) is 31.2. The van der Waals surface area contributed by atoms with Gasteiger partial charge in [0, 0.05) is 63.0 Å². The van der Waals surface area contributed by atoms with Gasteiger partial charge in [0.2, 0.25) is 11.9 Å². The third-order valence-corrected chi connectivity index (χ3v) is 8.03. The molecule has 0 radical (unpaired) electrons. The Morgan fingerprint density at radius 1 is 0.955 bits per heavy atom. The van der Waals surface area contributed by atoms with E-state index >= 15 is 0 Å². The number of hydrogen-bond donors (Lipinski definition) is 2. The normalized spacial score (nSPS) is 17.0. The monoisotopic (exact) mass is 632 g/mol. The summed E-state index contributed by atoms with van der Waals surface area (Å²) < 4.78 is 39.5. The second-order valence-corrected chi connectivity index (χ2v) is 11.4. The molecule has 2 aliphatic heterocycles. The number of anilines is 3. The molecule has 2 aromatic heterocycles. The van der Waals surface area contributed by atoms with Crippen LogP contribution in [0.15, 0.2) is 42.6 Å². The van der Waals surface area contributed by atoms with Gasteiger partial charge < -0.3 is 25.1 Å². The Hall–Kier alpha value is -4.20. The number of piperazine rings is 1. The van der Waals surface area contributed by atoms with Crippen molar-refractivity contribution in [3.05, 3.63) is 64.6 Å². The maximum Gasteiger partial charge on any atom is 0.433 e. The maximum absolute atomic E-state index is 13.4. The fourth-order valence-corrected chi connectivity index (χ4v) is 5.26. The first-order valence-electron chi connectivity index (χ1n) is 14.3. The quantitative estimate of drug-likeness (QED) is 0.377. The molecule has 2 fully saturated rings. The molecule has 0 saturated carbocycles. The van der Waals surface area contributed by atoms with Crippen molar-refractivity contribution in [2.45, 2.75) is 38.4 Å². The molecule has 234 valence electrons. The van der Waals surface area contributed by atoms with Crippen LogP contribution in [0.4, 0.5) is 30.9 Å². The lowest BCUT2D eigenvalue weighted by atomic mass is 10.00. The number of nitrogens with one attached hydrogen (secondary N) is 1. The molecule has 0 aliphatic carbocycles. The van der Waals surface area contributed by atoms with Crippen molar-refractivity contribution < 1.29 is 27.9 Å². The van der Waals surface area contributed by atoms with Crippen LogP contribution in [0, 0.1) is 5.92 Å². The number of alkyl halides is 3. The van der Waals surface area contributed by atoms with E-state index in [-0.39, 0.29) is 18.1 Å². The van der Waals surface area contributed by atoms with Crippen molar-refractivity contribution >= 4 is 41.2 Å². The first-order chi connectivity index (χ1) is 21.0. The van der Waals surface area contributed by atoms with Gasteiger partial charge in [0.25, 0.3) is 5.91 Å². The number of hydrogen-bond acceptors (Lipinski definition) is 9. The number of amides is 1. The number of aromatic nitrogens is 4. The molecule has 15 heteroatoms. The topological polar surface area (TPSA) is 128 Å². The number of carboxylic acids is 1. The number of halogens is 4. The molecule has 1 aromatic carbocycles. The van der Waals surface area contributed by atoms with Crippen molar-refractivity contribution in [3.63, 3.8) is 0 Å². The summed E-state index contributed by atoms with van der Waals surface area (Å²) in [6.07, 6.45) is -1.56. The van der Waals surface area contributed by atoms with E-state index in [9.17, 15) is 27.9 Å². The van der Waals surface area contributed by atoms with Crippen LogP contribution in [0.5, 0.6) is 0 Å². The molecule has 3 aromatic rings. The molecular formula is C29H32ClF3N8O3. The highest BCUT2D eigenvalue weighted by atomic mass is 35.5. The highest BCUT2D eigenvalue weighted by Gasteiger charge is 2.34. The van der Waals surface area contributed by atoms with Gasteiger partial charge in [-0.2, -0.15) is 18.2 Å². The van der Waals surface area contributed by atoms with Crippen molar-refractivity contribution in [3.8, 4) is 0 Å². The van der Waals surface area contributed by atoms with E-state index in [1.807, 2.05) is 9.80 Å². The molecule has 1 amide bonds. The van der Waals surface area contributed by atoms with Crippen LogP contribution in [0.2, 0.25) is 5.02 Å². The zero-order valence-electron chi connectivity index (χ0n) is 24.0. The summed E-state index contributed by atoms with van der Waals surface area (Å²) in [5.74, 6) is -0.475. The van der Waals surface area contributed by atoms with Gasteiger partial charge in [0.1, 0.15) is 23.2 Å². The van der Waals surface area contributed by atoms with E-state index in [1.54, 1.807) is 29.2 Å². The summed E-state index contributed by atoms with van der Waals surface area (Å²) in [6, 6.07) is 7.85. The van der Waals surface area contributed by atoms with Gasteiger partial charge in [-0.1, -0.05) is 30.7 Å². The van der Waals surface area contributed by atoms with Crippen LogP contribution < -0.4 is 20.0 Å². The average Bonchev–Trinajstić information content (AvgIpc) is 3.01. The number of nitrogens with zero attached hydrogens (tertiary/aromatic N) is 7. The zero-order valence-corrected chi connectivity index (χ0v) is 24.7. The molecule has 1 unspecified atom stereocenters. The van der Waals surface area contributed by atoms with E-state index in [0.29, 0.717) is 67.5 Å². The molecule has 0 spiro atoms. The second kappa shape index (κ2) is 13.2. The van der Waals surface area contributed by atoms with Crippen molar-refractivity contribution in [1.29, 1.82) is 0 Å². The minimum absolute atomic E-state index is 0.00856. The smallest absolute Gasteiger partial charge is 0.433 e. The van der Waals surface area contributed by atoms with Gasteiger partial charge in [-0.05, 0) is 42.5 Å². The van der Waals surface area contributed by atoms with E-state index < -0.39 is 29.8 Å². The summed E-state index contributed by atoms with van der Waals surface area (Å²) >= 11 is 5.94. The van der Waals surface area contributed by atoms with E-state index in [4.69, 9.17) is 16.6 Å². The summed E-state index contributed by atoms with van der Waals surface area (Å²) in [5, 5.41) is 12.9. The van der Waals surface area contributed by atoms with Crippen LogP contribution in [-0.4, -0.2) is 82.2 Å². The van der Waals surface area contributed by atoms with Crippen LogP contribution >= 0.6 is 11.6 Å².